The zero-order chi connectivity index (χ0) is 11.7. The van der Waals surface area contributed by atoms with Crippen LogP contribution in [0.15, 0.2) is 0 Å². The van der Waals surface area contributed by atoms with Gasteiger partial charge in [-0.05, 0) is 31.4 Å². The van der Waals surface area contributed by atoms with E-state index in [9.17, 15) is 4.79 Å². The number of carbonyl (C=O) groups is 1. The fourth-order valence-corrected chi connectivity index (χ4v) is 3.68. The topological polar surface area (TPSA) is 26.3 Å². The number of rotatable bonds is 5. The van der Waals surface area contributed by atoms with Crippen molar-refractivity contribution in [2.75, 3.05) is 0 Å². The molecule has 15 heavy (non-hydrogen) atoms. The van der Waals surface area contributed by atoms with Crippen LogP contribution in [0.1, 0.15) is 40.0 Å². The summed E-state index contributed by atoms with van der Waals surface area (Å²) in [5.41, 5.74) is 0.327. The molecule has 1 rings (SSSR count). The van der Waals surface area contributed by atoms with Gasteiger partial charge in [0, 0.05) is 11.8 Å². The summed E-state index contributed by atoms with van der Waals surface area (Å²) in [6, 6.07) is 0. The zero-order valence-electron chi connectivity index (χ0n) is 10.7. The molecule has 1 aliphatic rings. The normalized spacial score (nSPS) is 21.5. The first-order chi connectivity index (χ1) is 6.82. The van der Waals surface area contributed by atoms with Crippen molar-refractivity contribution in [3.63, 3.8) is 0 Å². The molecule has 0 radical (unpaired) electrons. The summed E-state index contributed by atoms with van der Waals surface area (Å²) < 4.78 is 6.17. The first-order valence-electron chi connectivity index (χ1n) is 5.91. The lowest BCUT2D eigenvalue weighted by molar-refractivity contribution is -0.110. The summed E-state index contributed by atoms with van der Waals surface area (Å²) in [4.78, 5) is 10.7. The van der Waals surface area contributed by atoms with E-state index in [2.05, 4.69) is 33.9 Å². The molecule has 0 aromatic heterocycles. The molecule has 0 aromatic rings. The third kappa shape index (κ3) is 3.15. The second kappa shape index (κ2) is 4.38. The molecule has 0 heterocycles. The molecular formula is C12H24O2Si. The Morgan fingerprint density at radius 2 is 1.93 bits per heavy atom. The van der Waals surface area contributed by atoms with Crippen LogP contribution in [0, 0.1) is 10.8 Å². The van der Waals surface area contributed by atoms with E-state index in [0.29, 0.717) is 6.42 Å². The standard InChI is InChI=1S/C12H24O2Si/c1-11(2,3)10(14-15(4)5)12(6-7-12)8-9-13/h9-10,15H,6-8H2,1-5H3. The van der Waals surface area contributed by atoms with Crippen molar-refractivity contribution in [3.05, 3.63) is 0 Å². The van der Waals surface area contributed by atoms with Crippen molar-refractivity contribution in [1.29, 1.82) is 0 Å². The number of hydrogen-bond donors (Lipinski definition) is 0. The van der Waals surface area contributed by atoms with Crippen molar-refractivity contribution in [1.82, 2.24) is 0 Å². The molecule has 0 spiro atoms. The summed E-state index contributed by atoms with van der Waals surface area (Å²) in [5.74, 6) is 0. The highest BCUT2D eigenvalue weighted by Crippen LogP contribution is 2.56. The molecule has 1 fully saturated rings. The minimum atomic E-state index is -1.03. The quantitative estimate of drug-likeness (QED) is 0.534. The summed E-state index contributed by atoms with van der Waals surface area (Å²) in [6.45, 7) is 11.1. The molecule has 0 amide bonds. The highest BCUT2D eigenvalue weighted by atomic mass is 28.3. The summed E-state index contributed by atoms with van der Waals surface area (Å²) in [5, 5.41) is 0. The average Bonchev–Trinajstić information content (AvgIpc) is 2.80. The third-order valence-corrected chi connectivity index (χ3v) is 3.95. The Hall–Kier alpha value is -0.153. The van der Waals surface area contributed by atoms with Crippen LogP contribution in [-0.4, -0.2) is 21.4 Å². The molecule has 1 aliphatic carbocycles. The van der Waals surface area contributed by atoms with Crippen LogP contribution in [0.4, 0.5) is 0 Å². The predicted octanol–water partition coefficient (Wildman–Crippen LogP) is 2.77. The molecule has 0 N–H and O–H groups in total. The number of hydrogen-bond acceptors (Lipinski definition) is 2. The van der Waals surface area contributed by atoms with Crippen LogP contribution in [0.3, 0.4) is 0 Å². The van der Waals surface area contributed by atoms with Gasteiger partial charge in [-0.3, -0.25) is 0 Å². The van der Waals surface area contributed by atoms with Gasteiger partial charge in [-0.15, -0.1) is 0 Å². The highest BCUT2D eigenvalue weighted by molar-refractivity contribution is 6.48. The third-order valence-electron chi connectivity index (χ3n) is 3.13. The average molecular weight is 228 g/mol. The molecule has 1 saturated carbocycles. The Morgan fingerprint density at radius 1 is 1.40 bits per heavy atom. The fourth-order valence-electron chi connectivity index (χ4n) is 2.44. The van der Waals surface area contributed by atoms with Crippen LogP contribution in [0.25, 0.3) is 0 Å². The zero-order valence-corrected chi connectivity index (χ0v) is 11.8. The molecule has 0 saturated heterocycles. The smallest absolute Gasteiger partial charge is 0.171 e. The lowest BCUT2D eigenvalue weighted by atomic mass is 9.78. The van der Waals surface area contributed by atoms with E-state index in [0.717, 1.165) is 19.1 Å². The fraction of sp³-hybridized carbons (Fsp3) is 0.917. The minimum absolute atomic E-state index is 0.150. The number of carbonyl (C=O) groups excluding carboxylic acids is 1. The maximum absolute atomic E-state index is 10.7. The molecule has 0 aliphatic heterocycles. The largest absolute Gasteiger partial charge is 0.417 e. The van der Waals surface area contributed by atoms with Crippen LogP contribution < -0.4 is 0 Å². The minimum Gasteiger partial charge on any atom is -0.417 e. The van der Waals surface area contributed by atoms with Crippen molar-refractivity contribution in [2.45, 2.75) is 59.2 Å². The van der Waals surface area contributed by atoms with Gasteiger partial charge in [0.05, 0.1) is 6.10 Å². The van der Waals surface area contributed by atoms with Gasteiger partial charge >= 0.3 is 0 Å². The molecular weight excluding hydrogens is 204 g/mol. The van der Waals surface area contributed by atoms with E-state index in [1.807, 2.05) is 0 Å². The highest BCUT2D eigenvalue weighted by Gasteiger charge is 2.53. The Balaban J connectivity index is 2.77. The van der Waals surface area contributed by atoms with E-state index in [1.54, 1.807) is 0 Å². The van der Waals surface area contributed by atoms with Crippen molar-refractivity contribution in [2.24, 2.45) is 10.8 Å². The summed E-state index contributed by atoms with van der Waals surface area (Å²) in [6.07, 6.45) is 4.33. The molecule has 88 valence electrons. The van der Waals surface area contributed by atoms with E-state index < -0.39 is 9.04 Å². The maximum Gasteiger partial charge on any atom is 0.171 e. The Labute approximate surface area is 95.1 Å². The Morgan fingerprint density at radius 3 is 2.20 bits per heavy atom. The van der Waals surface area contributed by atoms with Gasteiger partial charge in [0.2, 0.25) is 0 Å². The van der Waals surface area contributed by atoms with Crippen LogP contribution >= 0.6 is 0 Å². The molecule has 0 bridgehead atoms. The number of aldehydes is 1. The van der Waals surface area contributed by atoms with Gasteiger partial charge in [-0.25, -0.2) is 0 Å². The van der Waals surface area contributed by atoms with E-state index >= 15 is 0 Å². The van der Waals surface area contributed by atoms with E-state index in [4.69, 9.17) is 4.43 Å². The monoisotopic (exact) mass is 228 g/mol. The van der Waals surface area contributed by atoms with Gasteiger partial charge in [-0.2, -0.15) is 0 Å². The van der Waals surface area contributed by atoms with Crippen molar-refractivity contribution in [3.8, 4) is 0 Å². The maximum atomic E-state index is 10.7. The lowest BCUT2D eigenvalue weighted by Gasteiger charge is -2.38. The van der Waals surface area contributed by atoms with E-state index in [1.165, 1.54) is 0 Å². The Bertz CT molecular complexity index is 226. The van der Waals surface area contributed by atoms with Gasteiger partial charge in [0.25, 0.3) is 0 Å². The van der Waals surface area contributed by atoms with Crippen LogP contribution in [0.2, 0.25) is 13.1 Å². The second-order valence-electron chi connectivity index (χ2n) is 6.16. The molecule has 3 heteroatoms. The van der Waals surface area contributed by atoms with Crippen LogP contribution in [-0.2, 0) is 9.22 Å². The Kier molecular flexibility index (Phi) is 3.77. The van der Waals surface area contributed by atoms with Crippen molar-refractivity contribution < 1.29 is 9.22 Å². The van der Waals surface area contributed by atoms with Crippen molar-refractivity contribution >= 4 is 15.3 Å². The molecule has 1 atom stereocenters. The summed E-state index contributed by atoms with van der Waals surface area (Å²) >= 11 is 0. The molecule has 0 aromatic carbocycles. The predicted molar refractivity (Wildman–Crippen MR) is 65.6 cm³/mol. The molecule has 2 nitrogen and oxygen atoms in total. The van der Waals surface area contributed by atoms with Gasteiger partial charge in [-0.1, -0.05) is 20.8 Å². The first-order valence-corrected chi connectivity index (χ1v) is 8.69. The van der Waals surface area contributed by atoms with Crippen LogP contribution in [0.5, 0.6) is 0 Å². The SMILES string of the molecule is C[SiH](C)OC(C(C)(C)C)C1(CC=O)CC1. The van der Waals surface area contributed by atoms with Gasteiger partial charge in [0.15, 0.2) is 9.04 Å². The first kappa shape index (κ1) is 12.9. The van der Waals surface area contributed by atoms with Gasteiger partial charge < -0.3 is 9.22 Å². The molecule has 1 unspecified atom stereocenters. The van der Waals surface area contributed by atoms with Gasteiger partial charge in [0.1, 0.15) is 6.29 Å². The second-order valence-corrected chi connectivity index (χ2v) is 8.53. The van der Waals surface area contributed by atoms with E-state index in [-0.39, 0.29) is 16.9 Å². The lowest BCUT2D eigenvalue weighted by Crippen LogP contribution is -2.40. The summed E-state index contributed by atoms with van der Waals surface area (Å²) in [7, 11) is -1.03.